The lowest BCUT2D eigenvalue weighted by Crippen LogP contribution is -2.18. The van der Waals surface area contributed by atoms with Gasteiger partial charge in [0.15, 0.2) is 6.61 Å². The van der Waals surface area contributed by atoms with Crippen molar-refractivity contribution in [2.45, 2.75) is 6.92 Å². The molecule has 3 aromatic rings. The van der Waals surface area contributed by atoms with E-state index in [-0.39, 0.29) is 12.5 Å². The van der Waals surface area contributed by atoms with Gasteiger partial charge in [-0.15, -0.1) is 0 Å². The summed E-state index contributed by atoms with van der Waals surface area (Å²) in [6, 6.07) is 18.4. The summed E-state index contributed by atoms with van der Waals surface area (Å²) < 4.78 is 10.5. The van der Waals surface area contributed by atoms with E-state index in [9.17, 15) is 9.59 Å². The number of rotatable bonds is 6. The van der Waals surface area contributed by atoms with Crippen LogP contribution in [-0.4, -0.2) is 18.5 Å². The van der Waals surface area contributed by atoms with Crippen molar-refractivity contribution < 1.29 is 19.1 Å². The Bertz CT molecular complexity index is 1020. The summed E-state index contributed by atoms with van der Waals surface area (Å²) in [5.41, 5.74) is 2.25. The lowest BCUT2D eigenvalue weighted by atomic mass is 10.2. The first-order chi connectivity index (χ1) is 13.9. The highest BCUT2D eigenvalue weighted by molar-refractivity contribution is 6.35. The van der Waals surface area contributed by atoms with E-state index < -0.39 is 5.97 Å². The second kappa shape index (κ2) is 9.45. The zero-order valence-corrected chi connectivity index (χ0v) is 17.0. The predicted octanol–water partition coefficient (Wildman–Crippen LogP) is 5.54. The summed E-state index contributed by atoms with van der Waals surface area (Å²) in [7, 11) is 0. The molecule has 3 rings (SSSR count). The molecule has 0 bridgehead atoms. The Morgan fingerprint density at radius 1 is 0.931 bits per heavy atom. The van der Waals surface area contributed by atoms with Gasteiger partial charge in [0.2, 0.25) is 0 Å². The van der Waals surface area contributed by atoms with Gasteiger partial charge in [-0.2, -0.15) is 0 Å². The number of amides is 1. The largest absolute Gasteiger partial charge is 0.480 e. The summed E-state index contributed by atoms with van der Waals surface area (Å²) in [4.78, 5) is 24.2. The maximum atomic E-state index is 12.3. The molecule has 3 aromatic carbocycles. The van der Waals surface area contributed by atoms with Crippen LogP contribution in [0.4, 0.5) is 5.69 Å². The maximum Gasteiger partial charge on any atom is 0.349 e. The number of esters is 1. The summed E-state index contributed by atoms with van der Waals surface area (Å²) in [5, 5.41) is 3.57. The molecule has 0 heterocycles. The first-order valence-corrected chi connectivity index (χ1v) is 9.43. The lowest BCUT2D eigenvalue weighted by molar-refractivity contribution is -0.136. The van der Waals surface area contributed by atoms with Crippen molar-refractivity contribution in [1.82, 2.24) is 0 Å². The number of aryl methyl sites for hydroxylation is 1. The number of halogens is 2. The van der Waals surface area contributed by atoms with Crippen LogP contribution in [0.25, 0.3) is 0 Å². The Morgan fingerprint density at radius 3 is 2.28 bits per heavy atom. The van der Waals surface area contributed by atoms with Gasteiger partial charge in [0.25, 0.3) is 5.91 Å². The summed E-state index contributed by atoms with van der Waals surface area (Å²) in [5.74, 6) is -0.232. The third kappa shape index (κ3) is 5.98. The minimum Gasteiger partial charge on any atom is -0.480 e. The van der Waals surface area contributed by atoms with E-state index in [2.05, 4.69) is 5.32 Å². The molecule has 1 N–H and O–H groups in total. The van der Waals surface area contributed by atoms with Crippen molar-refractivity contribution >= 4 is 40.8 Å². The molecule has 0 saturated carbocycles. The minimum absolute atomic E-state index is 0.257. The molecule has 0 fully saturated rings. The first kappa shape index (κ1) is 20.7. The van der Waals surface area contributed by atoms with Crippen molar-refractivity contribution in [3.8, 4) is 11.5 Å². The van der Waals surface area contributed by atoms with Gasteiger partial charge in [0.1, 0.15) is 11.5 Å². The number of ether oxygens (including phenoxy) is 2. The number of hydrogen-bond donors (Lipinski definition) is 1. The van der Waals surface area contributed by atoms with Crippen molar-refractivity contribution in [3.05, 3.63) is 87.9 Å². The monoisotopic (exact) mass is 429 g/mol. The fourth-order valence-electron chi connectivity index (χ4n) is 2.40. The zero-order chi connectivity index (χ0) is 20.8. The molecule has 29 heavy (non-hydrogen) atoms. The number of benzene rings is 3. The standard InChI is InChI=1S/C22H17Cl2NO4/c1-14-2-7-17(8-3-14)25-22(27)15-4-9-18(10-5-15)29-21(26)13-28-20-11-6-16(23)12-19(20)24/h2-12H,13H2,1H3,(H,25,27). The molecular weight excluding hydrogens is 413 g/mol. The van der Waals surface area contributed by atoms with E-state index >= 15 is 0 Å². The lowest BCUT2D eigenvalue weighted by Gasteiger charge is -2.09. The molecule has 1 amide bonds. The molecule has 0 saturated heterocycles. The Morgan fingerprint density at radius 2 is 1.62 bits per heavy atom. The molecular formula is C22H17Cl2NO4. The van der Waals surface area contributed by atoms with Gasteiger partial charge < -0.3 is 14.8 Å². The fraction of sp³-hybridized carbons (Fsp3) is 0.0909. The van der Waals surface area contributed by atoms with E-state index in [0.29, 0.717) is 32.8 Å². The van der Waals surface area contributed by atoms with Crippen LogP contribution in [0.5, 0.6) is 11.5 Å². The SMILES string of the molecule is Cc1ccc(NC(=O)c2ccc(OC(=O)COc3ccc(Cl)cc3Cl)cc2)cc1. The molecule has 0 aliphatic rings. The van der Waals surface area contributed by atoms with Crippen LogP contribution in [-0.2, 0) is 4.79 Å². The van der Waals surface area contributed by atoms with E-state index in [1.54, 1.807) is 24.3 Å². The van der Waals surface area contributed by atoms with Crippen LogP contribution in [0.3, 0.4) is 0 Å². The smallest absolute Gasteiger partial charge is 0.349 e. The number of hydrogen-bond acceptors (Lipinski definition) is 4. The molecule has 5 nitrogen and oxygen atoms in total. The summed E-state index contributed by atoms with van der Waals surface area (Å²) in [6.45, 7) is 1.65. The second-order valence-corrected chi connectivity index (χ2v) is 7.03. The summed E-state index contributed by atoms with van der Waals surface area (Å²) >= 11 is 11.8. The van der Waals surface area contributed by atoms with Gasteiger partial charge >= 0.3 is 5.97 Å². The van der Waals surface area contributed by atoms with Gasteiger partial charge in [0, 0.05) is 16.3 Å². The highest BCUT2D eigenvalue weighted by atomic mass is 35.5. The van der Waals surface area contributed by atoms with E-state index in [1.165, 1.54) is 18.2 Å². The molecule has 0 aliphatic carbocycles. The molecule has 148 valence electrons. The summed E-state index contributed by atoms with van der Waals surface area (Å²) in [6.07, 6.45) is 0. The predicted molar refractivity (Wildman–Crippen MR) is 113 cm³/mol. The van der Waals surface area contributed by atoms with Crippen molar-refractivity contribution in [2.75, 3.05) is 11.9 Å². The number of carbonyl (C=O) groups is 2. The van der Waals surface area contributed by atoms with Gasteiger partial charge in [0.05, 0.1) is 5.02 Å². The highest BCUT2D eigenvalue weighted by Gasteiger charge is 2.10. The molecule has 0 aliphatic heterocycles. The zero-order valence-electron chi connectivity index (χ0n) is 15.4. The Kier molecular flexibility index (Phi) is 6.75. The Labute approximate surface area is 178 Å². The second-order valence-electron chi connectivity index (χ2n) is 6.18. The number of nitrogens with one attached hydrogen (secondary N) is 1. The van der Waals surface area contributed by atoms with E-state index in [1.807, 2.05) is 31.2 Å². The Hall–Kier alpha value is -3.02. The van der Waals surface area contributed by atoms with Crippen molar-refractivity contribution in [2.24, 2.45) is 0 Å². The molecule has 0 unspecified atom stereocenters. The van der Waals surface area contributed by atoms with Crippen LogP contribution < -0.4 is 14.8 Å². The van der Waals surface area contributed by atoms with Gasteiger partial charge in [-0.1, -0.05) is 40.9 Å². The highest BCUT2D eigenvalue weighted by Crippen LogP contribution is 2.27. The molecule has 0 atom stereocenters. The average molecular weight is 430 g/mol. The third-order valence-electron chi connectivity index (χ3n) is 3.90. The van der Waals surface area contributed by atoms with Crippen LogP contribution in [0.1, 0.15) is 15.9 Å². The van der Waals surface area contributed by atoms with E-state index in [0.717, 1.165) is 5.56 Å². The molecule has 7 heteroatoms. The van der Waals surface area contributed by atoms with Gasteiger partial charge in [-0.3, -0.25) is 4.79 Å². The van der Waals surface area contributed by atoms with Crippen LogP contribution in [0.15, 0.2) is 66.7 Å². The Balaban J connectivity index is 1.53. The first-order valence-electron chi connectivity index (χ1n) is 8.67. The van der Waals surface area contributed by atoms with Crippen molar-refractivity contribution in [3.63, 3.8) is 0 Å². The molecule has 0 aromatic heterocycles. The fourth-order valence-corrected chi connectivity index (χ4v) is 2.87. The average Bonchev–Trinajstić information content (AvgIpc) is 2.69. The number of carbonyl (C=O) groups excluding carboxylic acids is 2. The quantitative estimate of drug-likeness (QED) is 0.412. The molecule has 0 spiro atoms. The van der Waals surface area contributed by atoms with Gasteiger partial charge in [-0.05, 0) is 61.5 Å². The topological polar surface area (TPSA) is 64.6 Å². The minimum atomic E-state index is -0.604. The van der Waals surface area contributed by atoms with Crippen LogP contribution in [0, 0.1) is 6.92 Å². The van der Waals surface area contributed by atoms with Crippen LogP contribution in [0.2, 0.25) is 10.0 Å². The van der Waals surface area contributed by atoms with Gasteiger partial charge in [-0.25, -0.2) is 4.79 Å². The van der Waals surface area contributed by atoms with Crippen LogP contribution >= 0.6 is 23.2 Å². The number of anilines is 1. The maximum absolute atomic E-state index is 12.3. The normalized spacial score (nSPS) is 10.3. The van der Waals surface area contributed by atoms with E-state index in [4.69, 9.17) is 32.7 Å². The third-order valence-corrected chi connectivity index (χ3v) is 4.43. The molecule has 0 radical (unpaired) electrons. The van der Waals surface area contributed by atoms with Crippen molar-refractivity contribution in [1.29, 1.82) is 0 Å².